The van der Waals surface area contributed by atoms with Crippen molar-refractivity contribution in [1.29, 1.82) is 0 Å². The van der Waals surface area contributed by atoms with Gasteiger partial charge in [0.15, 0.2) is 0 Å². The molecule has 0 aliphatic rings. The van der Waals surface area contributed by atoms with E-state index in [9.17, 15) is 18.0 Å². The molecule has 0 saturated heterocycles. The highest BCUT2D eigenvalue weighted by Gasteiger charge is 2.25. The molecule has 22 heavy (non-hydrogen) atoms. The van der Waals surface area contributed by atoms with Crippen molar-refractivity contribution < 1.29 is 22.7 Å². The standard InChI is InChI=1S/C17H29F3O2/c1-3-4-5-6-7-8-9-10-11-12-13-22-16(21)15(2)14-17(18,19)20/h14H,3-13H2,1-2H3. The van der Waals surface area contributed by atoms with E-state index in [-0.39, 0.29) is 12.7 Å². The molecule has 0 unspecified atom stereocenters. The van der Waals surface area contributed by atoms with Gasteiger partial charge in [-0.25, -0.2) is 4.79 Å². The third-order valence-electron chi connectivity index (χ3n) is 3.43. The van der Waals surface area contributed by atoms with Gasteiger partial charge < -0.3 is 4.74 Å². The second-order valence-electron chi connectivity index (χ2n) is 5.69. The highest BCUT2D eigenvalue weighted by molar-refractivity contribution is 5.87. The molecular weight excluding hydrogens is 293 g/mol. The Morgan fingerprint density at radius 3 is 1.82 bits per heavy atom. The Balaban J connectivity index is 3.46. The quantitative estimate of drug-likeness (QED) is 0.252. The molecule has 0 aromatic rings. The number of ether oxygens (including phenoxy) is 1. The molecule has 0 aliphatic heterocycles. The van der Waals surface area contributed by atoms with E-state index >= 15 is 0 Å². The first-order chi connectivity index (χ1) is 10.4. The molecule has 2 nitrogen and oxygen atoms in total. The number of carbonyl (C=O) groups is 1. The van der Waals surface area contributed by atoms with Crippen LogP contribution in [-0.2, 0) is 9.53 Å². The first-order valence-corrected chi connectivity index (χ1v) is 8.30. The summed E-state index contributed by atoms with van der Waals surface area (Å²) in [6, 6.07) is 0. The topological polar surface area (TPSA) is 26.3 Å². The Bertz CT molecular complexity index is 322. The summed E-state index contributed by atoms with van der Waals surface area (Å²) in [6.45, 7) is 3.51. The molecule has 0 aromatic heterocycles. The summed E-state index contributed by atoms with van der Waals surface area (Å²) in [6.07, 6.45) is 7.12. The molecular formula is C17H29F3O2. The molecule has 5 heteroatoms. The smallest absolute Gasteiger partial charge is 0.410 e. The molecule has 0 radical (unpaired) electrons. The van der Waals surface area contributed by atoms with Crippen LogP contribution in [0.3, 0.4) is 0 Å². The average molecular weight is 322 g/mol. The van der Waals surface area contributed by atoms with Crippen molar-refractivity contribution >= 4 is 5.97 Å². The molecule has 0 amide bonds. The number of hydrogen-bond acceptors (Lipinski definition) is 2. The van der Waals surface area contributed by atoms with Crippen LogP contribution >= 0.6 is 0 Å². The van der Waals surface area contributed by atoms with Crippen molar-refractivity contribution in [3.8, 4) is 0 Å². The van der Waals surface area contributed by atoms with Crippen molar-refractivity contribution in [2.45, 2.75) is 84.2 Å². The Hall–Kier alpha value is -1.00. The number of alkyl halides is 3. The largest absolute Gasteiger partial charge is 0.462 e. The van der Waals surface area contributed by atoms with Crippen molar-refractivity contribution in [2.75, 3.05) is 6.61 Å². The minimum atomic E-state index is -4.47. The Morgan fingerprint density at radius 1 is 0.909 bits per heavy atom. The van der Waals surface area contributed by atoms with E-state index in [0.717, 1.165) is 19.8 Å². The van der Waals surface area contributed by atoms with Crippen molar-refractivity contribution in [3.63, 3.8) is 0 Å². The van der Waals surface area contributed by atoms with Gasteiger partial charge in [-0.1, -0.05) is 64.7 Å². The summed E-state index contributed by atoms with van der Waals surface area (Å²) in [7, 11) is 0. The first-order valence-electron chi connectivity index (χ1n) is 8.30. The Labute approximate surface area is 132 Å². The fraction of sp³-hybridized carbons (Fsp3) is 0.824. The average Bonchev–Trinajstić information content (AvgIpc) is 2.42. The molecule has 0 spiro atoms. The second-order valence-corrected chi connectivity index (χ2v) is 5.69. The van der Waals surface area contributed by atoms with Crippen LogP contribution in [0.5, 0.6) is 0 Å². The zero-order valence-corrected chi connectivity index (χ0v) is 13.8. The lowest BCUT2D eigenvalue weighted by molar-refractivity contribution is -0.139. The van der Waals surface area contributed by atoms with Crippen molar-refractivity contribution in [3.05, 3.63) is 11.6 Å². The van der Waals surface area contributed by atoms with Gasteiger partial charge in [0.1, 0.15) is 0 Å². The van der Waals surface area contributed by atoms with Gasteiger partial charge in [-0.15, -0.1) is 0 Å². The normalized spacial score (nSPS) is 12.5. The Kier molecular flexibility index (Phi) is 12.0. The van der Waals surface area contributed by atoms with E-state index in [1.165, 1.54) is 44.9 Å². The summed E-state index contributed by atoms with van der Waals surface area (Å²) in [4.78, 5) is 11.3. The van der Waals surface area contributed by atoms with E-state index in [0.29, 0.717) is 6.42 Å². The molecule has 0 N–H and O–H groups in total. The highest BCUT2D eigenvalue weighted by Crippen LogP contribution is 2.19. The summed E-state index contributed by atoms with van der Waals surface area (Å²) in [5.41, 5.74) is -0.403. The fourth-order valence-corrected chi connectivity index (χ4v) is 2.17. The summed E-state index contributed by atoms with van der Waals surface area (Å²) in [5.74, 6) is -0.881. The van der Waals surface area contributed by atoms with Crippen LogP contribution in [0, 0.1) is 0 Å². The second kappa shape index (κ2) is 12.5. The molecule has 0 heterocycles. The predicted molar refractivity (Wildman–Crippen MR) is 82.6 cm³/mol. The van der Waals surface area contributed by atoms with E-state index < -0.39 is 17.7 Å². The SMILES string of the molecule is CCCCCCCCCCCCOC(=O)C(C)=CC(F)(F)F. The van der Waals surface area contributed by atoms with Gasteiger partial charge in [0.25, 0.3) is 0 Å². The molecule has 0 rings (SSSR count). The predicted octanol–water partition coefficient (Wildman–Crippen LogP) is 5.96. The molecule has 0 atom stereocenters. The van der Waals surface area contributed by atoms with Crippen LogP contribution in [-0.4, -0.2) is 18.8 Å². The maximum atomic E-state index is 12.0. The van der Waals surface area contributed by atoms with Gasteiger partial charge >= 0.3 is 12.1 Å². The fourth-order valence-electron chi connectivity index (χ4n) is 2.17. The van der Waals surface area contributed by atoms with Gasteiger partial charge in [-0.05, 0) is 13.3 Å². The maximum Gasteiger partial charge on any atom is 0.410 e. The van der Waals surface area contributed by atoms with Crippen LogP contribution in [0.15, 0.2) is 11.6 Å². The molecule has 0 bridgehead atoms. The van der Waals surface area contributed by atoms with E-state index in [2.05, 4.69) is 6.92 Å². The molecule has 0 fully saturated rings. The van der Waals surface area contributed by atoms with Gasteiger partial charge in [-0.3, -0.25) is 0 Å². The zero-order valence-electron chi connectivity index (χ0n) is 13.8. The van der Waals surface area contributed by atoms with Gasteiger partial charge in [-0.2, -0.15) is 13.2 Å². The van der Waals surface area contributed by atoms with Gasteiger partial charge in [0.2, 0.25) is 0 Å². The molecule has 0 aliphatic carbocycles. The summed E-state index contributed by atoms with van der Waals surface area (Å²) < 4.78 is 40.9. The van der Waals surface area contributed by atoms with Crippen LogP contribution in [0.4, 0.5) is 13.2 Å². The van der Waals surface area contributed by atoms with Crippen molar-refractivity contribution in [2.24, 2.45) is 0 Å². The lowest BCUT2D eigenvalue weighted by Crippen LogP contribution is -2.11. The minimum Gasteiger partial charge on any atom is -0.462 e. The van der Waals surface area contributed by atoms with Crippen molar-refractivity contribution in [1.82, 2.24) is 0 Å². The molecule has 130 valence electrons. The lowest BCUT2D eigenvalue weighted by atomic mass is 10.1. The molecule has 0 saturated carbocycles. The number of carbonyl (C=O) groups excluding carboxylic acids is 1. The van der Waals surface area contributed by atoms with Gasteiger partial charge in [0, 0.05) is 11.6 Å². The first kappa shape index (κ1) is 21.0. The third-order valence-corrected chi connectivity index (χ3v) is 3.43. The summed E-state index contributed by atoms with van der Waals surface area (Å²) in [5, 5.41) is 0. The molecule has 0 aromatic carbocycles. The lowest BCUT2D eigenvalue weighted by Gasteiger charge is -2.06. The van der Waals surface area contributed by atoms with E-state index in [1.54, 1.807) is 0 Å². The monoisotopic (exact) mass is 322 g/mol. The number of halogens is 3. The number of unbranched alkanes of at least 4 members (excludes halogenated alkanes) is 9. The van der Waals surface area contributed by atoms with Crippen LogP contribution < -0.4 is 0 Å². The number of hydrogen-bond donors (Lipinski definition) is 0. The highest BCUT2D eigenvalue weighted by atomic mass is 19.4. The summed E-state index contributed by atoms with van der Waals surface area (Å²) >= 11 is 0. The number of allylic oxidation sites excluding steroid dienone is 1. The van der Waals surface area contributed by atoms with E-state index in [4.69, 9.17) is 4.74 Å². The Morgan fingerprint density at radius 2 is 1.36 bits per heavy atom. The number of esters is 1. The minimum absolute atomic E-state index is 0.0200. The van der Waals surface area contributed by atoms with E-state index in [1.807, 2.05) is 0 Å². The third kappa shape index (κ3) is 14.0. The van der Waals surface area contributed by atoms with Crippen LogP contribution in [0.25, 0.3) is 0 Å². The van der Waals surface area contributed by atoms with Crippen LogP contribution in [0.1, 0.15) is 78.1 Å². The van der Waals surface area contributed by atoms with Crippen LogP contribution in [0.2, 0.25) is 0 Å². The zero-order chi connectivity index (χ0) is 16.8. The number of rotatable bonds is 12. The maximum absolute atomic E-state index is 12.0. The van der Waals surface area contributed by atoms with Gasteiger partial charge in [0.05, 0.1) is 6.61 Å².